The van der Waals surface area contributed by atoms with Crippen molar-refractivity contribution in [3.05, 3.63) is 18.0 Å². The van der Waals surface area contributed by atoms with E-state index in [0.29, 0.717) is 25.9 Å². The van der Waals surface area contributed by atoms with Crippen LogP contribution < -0.4 is 10.6 Å². The minimum absolute atomic E-state index is 0.0388. The van der Waals surface area contributed by atoms with Crippen molar-refractivity contribution in [1.82, 2.24) is 20.4 Å². The number of carbonyl (C=O) groups is 2. The van der Waals surface area contributed by atoms with Crippen LogP contribution in [-0.4, -0.2) is 39.5 Å². The fourth-order valence-electron chi connectivity index (χ4n) is 2.45. The number of nitrogens with zero attached hydrogens (tertiary/aromatic N) is 2. The van der Waals surface area contributed by atoms with Gasteiger partial charge in [-0.15, -0.1) is 0 Å². The molecule has 1 fully saturated rings. The maximum atomic E-state index is 11.7. The summed E-state index contributed by atoms with van der Waals surface area (Å²) in [6.45, 7) is 3.06. The van der Waals surface area contributed by atoms with Gasteiger partial charge in [0.1, 0.15) is 0 Å². The van der Waals surface area contributed by atoms with Crippen LogP contribution in [0.2, 0.25) is 0 Å². The lowest BCUT2D eigenvalue weighted by molar-refractivity contribution is -0.141. The number of aryl methyl sites for hydroxylation is 1. The number of rotatable bonds is 5. The van der Waals surface area contributed by atoms with Crippen molar-refractivity contribution in [2.45, 2.75) is 38.8 Å². The molecular weight excluding hydrogens is 260 g/mol. The van der Waals surface area contributed by atoms with Gasteiger partial charge in [-0.25, -0.2) is 4.79 Å². The number of amides is 2. The van der Waals surface area contributed by atoms with E-state index in [1.165, 1.54) is 0 Å². The first-order valence-corrected chi connectivity index (χ1v) is 6.81. The molecule has 7 nitrogen and oxygen atoms in total. The molecule has 1 aliphatic rings. The molecule has 20 heavy (non-hydrogen) atoms. The Morgan fingerprint density at radius 3 is 2.90 bits per heavy atom. The standard InChI is InChI=1S/C13H20N4O3/c1-9-7-15-17(8-9)5-4-14-13(20)16-11-3-2-10(6-11)12(18)19/h7-8,10-11H,2-6H2,1H3,(H,18,19)(H2,14,16,20)/t10-,11+/m1/s1. The van der Waals surface area contributed by atoms with E-state index >= 15 is 0 Å². The van der Waals surface area contributed by atoms with Crippen LogP contribution in [0, 0.1) is 12.8 Å². The van der Waals surface area contributed by atoms with E-state index in [-0.39, 0.29) is 18.0 Å². The van der Waals surface area contributed by atoms with Crippen LogP contribution >= 0.6 is 0 Å². The number of carboxylic acids is 1. The molecule has 7 heteroatoms. The summed E-state index contributed by atoms with van der Waals surface area (Å²) in [4.78, 5) is 22.5. The molecule has 0 saturated heterocycles. The second-order valence-corrected chi connectivity index (χ2v) is 5.23. The van der Waals surface area contributed by atoms with Crippen molar-refractivity contribution in [3.8, 4) is 0 Å². The molecule has 110 valence electrons. The third-order valence-electron chi connectivity index (χ3n) is 3.51. The molecule has 2 amide bonds. The second kappa shape index (κ2) is 6.40. The third kappa shape index (κ3) is 3.97. The maximum Gasteiger partial charge on any atom is 0.315 e. The Bertz CT molecular complexity index is 486. The van der Waals surface area contributed by atoms with Gasteiger partial charge in [0.05, 0.1) is 18.7 Å². The number of aliphatic carboxylic acids is 1. The van der Waals surface area contributed by atoms with Crippen LogP contribution in [0.4, 0.5) is 4.79 Å². The average molecular weight is 280 g/mol. The van der Waals surface area contributed by atoms with E-state index in [1.807, 2.05) is 13.1 Å². The highest BCUT2D eigenvalue weighted by Gasteiger charge is 2.30. The lowest BCUT2D eigenvalue weighted by Crippen LogP contribution is -2.42. The summed E-state index contributed by atoms with van der Waals surface area (Å²) in [5.74, 6) is -1.10. The lowest BCUT2D eigenvalue weighted by atomic mass is 10.1. The quantitative estimate of drug-likeness (QED) is 0.741. The zero-order valence-electron chi connectivity index (χ0n) is 11.5. The predicted octanol–water partition coefficient (Wildman–Crippen LogP) is 0.744. The molecular formula is C13H20N4O3. The summed E-state index contributed by atoms with van der Waals surface area (Å²) in [7, 11) is 0. The molecule has 3 N–H and O–H groups in total. The fourth-order valence-corrected chi connectivity index (χ4v) is 2.45. The van der Waals surface area contributed by atoms with E-state index in [0.717, 1.165) is 12.0 Å². The van der Waals surface area contributed by atoms with Crippen LogP contribution in [0.3, 0.4) is 0 Å². The maximum absolute atomic E-state index is 11.7. The first-order chi connectivity index (χ1) is 9.54. The summed E-state index contributed by atoms with van der Waals surface area (Å²) in [5.41, 5.74) is 1.08. The van der Waals surface area contributed by atoms with E-state index in [1.54, 1.807) is 10.9 Å². The van der Waals surface area contributed by atoms with Crippen molar-refractivity contribution in [2.75, 3.05) is 6.54 Å². The van der Waals surface area contributed by atoms with Crippen LogP contribution in [0.1, 0.15) is 24.8 Å². The lowest BCUT2D eigenvalue weighted by Gasteiger charge is -2.13. The number of urea groups is 1. The zero-order chi connectivity index (χ0) is 14.5. The summed E-state index contributed by atoms with van der Waals surface area (Å²) in [6.07, 6.45) is 5.55. The topological polar surface area (TPSA) is 96.3 Å². The Hall–Kier alpha value is -2.05. The molecule has 0 unspecified atom stereocenters. The second-order valence-electron chi connectivity index (χ2n) is 5.23. The predicted molar refractivity (Wildman–Crippen MR) is 72.3 cm³/mol. The van der Waals surface area contributed by atoms with Crippen molar-refractivity contribution in [3.63, 3.8) is 0 Å². The van der Waals surface area contributed by atoms with Crippen LogP contribution in [0.5, 0.6) is 0 Å². The highest BCUT2D eigenvalue weighted by atomic mass is 16.4. The zero-order valence-corrected chi connectivity index (χ0v) is 11.5. The summed E-state index contributed by atoms with van der Waals surface area (Å²) < 4.78 is 1.77. The number of carboxylic acid groups (broad SMARTS) is 1. The molecule has 1 aromatic rings. The molecule has 2 rings (SSSR count). The molecule has 1 saturated carbocycles. The van der Waals surface area contributed by atoms with Gasteiger partial charge in [0.15, 0.2) is 0 Å². The number of hydrogen-bond acceptors (Lipinski definition) is 3. The number of carbonyl (C=O) groups excluding carboxylic acids is 1. The first-order valence-electron chi connectivity index (χ1n) is 6.81. The van der Waals surface area contributed by atoms with Gasteiger partial charge >= 0.3 is 12.0 Å². The van der Waals surface area contributed by atoms with E-state index in [4.69, 9.17) is 5.11 Å². The monoisotopic (exact) mass is 280 g/mol. The minimum atomic E-state index is -0.774. The average Bonchev–Trinajstić information content (AvgIpc) is 2.99. The van der Waals surface area contributed by atoms with Crippen molar-refractivity contribution in [1.29, 1.82) is 0 Å². The highest BCUT2D eigenvalue weighted by Crippen LogP contribution is 2.25. The Morgan fingerprint density at radius 1 is 1.50 bits per heavy atom. The third-order valence-corrected chi connectivity index (χ3v) is 3.51. The number of aromatic nitrogens is 2. The van der Waals surface area contributed by atoms with Gasteiger partial charge in [0.2, 0.25) is 0 Å². The molecule has 1 aromatic heterocycles. The molecule has 2 atom stereocenters. The van der Waals surface area contributed by atoms with Gasteiger partial charge < -0.3 is 15.7 Å². The van der Waals surface area contributed by atoms with Crippen molar-refractivity contribution in [2.24, 2.45) is 5.92 Å². The summed E-state index contributed by atoms with van der Waals surface area (Å²) in [6, 6.07) is -0.284. The van der Waals surface area contributed by atoms with Gasteiger partial charge in [-0.05, 0) is 31.7 Å². The van der Waals surface area contributed by atoms with Crippen molar-refractivity contribution < 1.29 is 14.7 Å². The van der Waals surface area contributed by atoms with Gasteiger partial charge in [0, 0.05) is 18.8 Å². The number of hydrogen-bond donors (Lipinski definition) is 3. The molecule has 1 aliphatic carbocycles. The molecule has 0 spiro atoms. The van der Waals surface area contributed by atoms with Gasteiger partial charge in [-0.3, -0.25) is 9.48 Å². The van der Waals surface area contributed by atoms with Crippen LogP contribution in [-0.2, 0) is 11.3 Å². The normalized spacial score (nSPS) is 21.6. The van der Waals surface area contributed by atoms with E-state index in [9.17, 15) is 9.59 Å². The molecule has 0 radical (unpaired) electrons. The van der Waals surface area contributed by atoms with Crippen molar-refractivity contribution >= 4 is 12.0 Å². The highest BCUT2D eigenvalue weighted by molar-refractivity contribution is 5.75. The minimum Gasteiger partial charge on any atom is -0.481 e. The first kappa shape index (κ1) is 14.4. The SMILES string of the molecule is Cc1cnn(CCNC(=O)N[C@H]2CC[C@@H](C(=O)O)C2)c1. The summed E-state index contributed by atoms with van der Waals surface area (Å²) >= 11 is 0. The van der Waals surface area contributed by atoms with Crippen LogP contribution in [0.25, 0.3) is 0 Å². The summed E-state index contributed by atoms with van der Waals surface area (Å²) in [5, 5.41) is 18.6. The molecule has 1 heterocycles. The van der Waals surface area contributed by atoms with Crippen LogP contribution in [0.15, 0.2) is 12.4 Å². The van der Waals surface area contributed by atoms with Gasteiger partial charge in [0.25, 0.3) is 0 Å². The fraction of sp³-hybridized carbons (Fsp3) is 0.615. The Labute approximate surface area is 117 Å². The Balaban J connectivity index is 1.65. The van der Waals surface area contributed by atoms with E-state index < -0.39 is 5.97 Å². The number of nitrogens with one attached hydrogen (secondary N) is 2. The van der Waals surface area contributed by atoms with E-state index in [2.05, 4.69) is 15.7 Å². The Morgan fingerprint density at radius 2 is 2.30 bits per heavy atom. The Kier molecular flexibility index (Phi) is 4.60. The smallest absolute Gasteiger partial charge is 0.315 e. The molecule has 0 aliphatic heterocycles. The molecule has 0 aromatic carbocycles. The van der Waals surface area contributed by atoms with Gasteiger partial charge in [-0.2, -0.15) is 5.10 Å². The molecule has 0 bridgehead atoms. The van der Waals surface area contributed by atoms with Gasteiger partial charge in [-0.1, -0.05) is 0 Å². The largest absolute Gasteiger partial charge is 0.481 e.